The molecule has 0 bridgehead atoms. The summed E-state index contributed by atoms with van der Waals surface area (Å²) in [4.78, 5) is 15.7. The highest BCUT2D eigenvalue weighted by Gasteiger charge is 2.18. The smallest absolute Gasteiger partial charge is 0.228 e. The van der Waals surface area contributed by atoms with Gasteiger partial charge in [0.15, 0.2) is 0 Å². The highest BCUT2D eigenvalue weighted by Crippen LogP contribution is 2.05. The summed E-state index contributed by atoms with van der Waals surface area (Å²) >= 11 is 0. The van der Waals surface area contributed by atoms with E-state index in [-0.39, 0.29) is 24.5 Å². The monoisotopic (exact) mass is 184 g/mol. The van der Waals surface area contributed by atoms with Crippen LogP contribution in [0.25, 0.3) is 10.4 Å². The first kappa shape index (κ1) is 11.8. The van der Waals surface area contributed by atoms with Crippen molar-refractivity contribution in [2.75, 3.05) is 6.54 Å². The fourth-order valence-corrected chi connectivity index (χ4v) is 1.35. The van der Waals surface area contributed by atoms with Crippen LogP contribution in [0.15, 0.2) is 5.11 Å². The van der Waals surface area contributed by atoms with E-state index < -0.39 is 0 Å². The summed E-state index contributed by atoms with van der Waals surface area (Å²) in [5.74, 6) is -0.122. The van der Waals surface area contributed by atoms with Crippen molar-refractivity contribution in [3.05, 3.63) is 10.4 Å². The Hall–Kier alpha value is -1.22. The van der Waals surface area contributed by atoms with Gasteiger partial charge in [0.05, 0.1) is 0 Å². The molecule has 5 heteroatoms. The summed E-state index contributed by atoms with van der Waals surface area (Å²) in [6, 6.07) is 0.280. The summed E-state index contributed by atoms with van der Waals surface area (Å²) in [5, 5.41) is 3.25. The molecule has 74 valence electrons. The summed E-state index contributed by atoms with van der Waals surface area (Å²) in [6.45, 7) is 7.66. The molecule has 0 N–H and O–H groups in total. The lowest BCUT2D eigenvalue weighted by atomic mass is 10.2. The van der Waals surface area contributed by atoms with Gasteiger partial charge >= 0.3 is 0 Å². The van der Waals surface area contributed by atoms with E-state index >= 15 is 0 Å². The molecule has 0 spiro atoms. The standard InChI is InChI=1S/C8H16N4O/c1-6(2)12(7(3)4)8(13)5-10-11-9/h6-7H,5H2,1-4H3. The zero-order valence-electron chi connectivity index (χ0n) is 8.56. The van der Waals surface area contributed by atoms with Gasteiger partial charge in [-0.2, -0.15) is 0 Å². The second-order valence-electron chi connectivity index (χ2n) is 3.38. The van der Waals surface area contributed by atoms with Gasteiger partial charge in [-0.15, -0.1) is 0 Å². The van der Waals surface area contributed by atoms with E-state index in [0.29, 0.717) is 0 Å². The van der Waals surface area contributed by atoms with Gasteiger partial charge in [0, 0.05) is 17.0 Å². The van der Waals surface area contributed by atoms with E-state index in [2.05, 4.69) is 10.0 Å². The Morgan fingerprint density at radius 1 is 1.38 bits per heavy atom. The molecule has 0 aromatic carbocycles. The van der Waals surface area contributed by atoms with Gasteiger partial charge < -0.3 is 4.90 Å². The summed E-state index contributed by atoms with van der Waals surface area (Å²) in [6.07, 6.45) is 0. The van der Waals surface area contributed by atoms with Gasteiger partial charge in [-0.1, -0.05) is 5.11 Å². The molecule has 0 aliphatic carbocycles. The van der Waals surface area contributed by atoms with Crippen LogP contribution in [0.2, 0.25) is 0 Å². The summed E-state index contributed by atoms with van der Waals surface area (Å²) < 4.78 is 0. The van der Waals surface area contributed by atoms with Crippen LogP contribution in [-0.4, -0.2) is 29.4 Å². The molecule has 0 fully saturated rings. The van der Waals surface area contributed by atoms with Crippen molar-refractivity contribution >= 4 is 5.91 Å². The van der Waals surface area contributed by atoms with Gasteiger partial charge in [0.1, 0.15) is 6.54 Å². The molecule has 1 amide bonds. The molecule has 0 saturated heterocycles. The second kappa shape index (κ2) is 5.43. The third-order valence-corrected chi connectivity index (χ3v) is 1.67. The van der Waals surface area contributed by atoms with E-state index in [1.54, 1.807) is 4.90 Å². The van der Waals surface area contributed by atoms with Crippen molar-refractivity contribution in [3.8, 4) is 0 Å². The Kier molecular flexibility index (Phi) is 4.92. The second-order valence-corrected chi connectivity index (χ2v) is 3.38. The van der Waals surface area contributed by atoms with Crippen LogP contribution in [0.1, 0.15) is 27.7 Å². The first-order valence-corrected chi connectivity index (χ1v) is 4.32. The quantitative estimate of drug-likeness (QED) is 0.374. The maximum absolute atomic E-state index is 11.4. The van der Waals surface area contributed by atoms with Crippen LogP contribution in [0.3, 0.4) is 0 Å². The lowest BCUT2D eigenvalue weighted by Gasteiger charge is -2.30. The van der Waals surface area contributed by atoms with E-state index in [1.165, 1.54) is 0 Å². The highest BCUT2D eigenvalue weighted by atomic mass is 16.2. The minimum atomic E-state index is -0.122. The van der Waals surface area contributed by atoms with Crippen LogP contribution in [0, 0.1) is 0 Å². The summed E-state index contributed by atoms with van der Waals surface area (Å²) in [5.41, 5.74) is 8.06. The first-order valence-electron chi connectivity index (χ1n) is 4.32. The van der Waals surface area contributed by atoms with Crippen molar-refractivity contribution in [3.63, 3.8) is 0 Å². The minimum absolute atomic E-state index is 0.0904. The lowest BCUT2D eigenvalue weighted by molar-refractivity contribution is -0.133. The highest BCUT2D eigenvalue weighted by molar-refractivity contribution is 5.78. The van der Waals surface area contributed by atoms with Crippen molar-refractivity contribution in [1.29, 1.82) is 0 Å². The van der Waals surface area contributed by atoms with E-state index in [4.69, 9.17) is 5.53 Å². The van der Waals surface area contributed by atoms with Crippen molar-refractivity contribution in [2.45, 2.75) is 39.8 Å². The Morgan fingerprint density at radius 2 is 1.85 bits per heavy atom. The molecule has 0 radical (unpaired) electrons. The molecule has 0 unspecified atom stereocenters. The molecule has 0 aliphatic rings. The molecular weight excluding hydrogens is 168 g/mol. The van der Waals surface area contributed by atoms with Crippen molar-refractivity contribution in [1.82, 2.24) is 4.90 Å². The third kappa shape index (κ3) is 3.80. The number of rotatable bonds is 4. The molecule has 13 heavy (non-hydrogen) atoms. The van der Waals surface area contributed by atoms with E-state index in [1.807, 2.05) is 27.7 Å². The van der Waals surface area contributed by atoms with E-state index in [9.17, 15) is 4.79 Å². The fraction of sp³-hybridized carbons (Fsp3) is 0.875. The molecule has 0 aromatic rings. The number of carbonyl (C=O) groups excluding carboxylic acids is 1. The average molecular weight is 184 g/mol. The molecule has 0 aromatic heterocycles. The van der Waals surface area contributed by atoms with Crippen LogP contribution in [0.5, 0.6) is 0 Å². The van der Waals surface area contributed by atoms with Crippen LogP contribution in [0.4, 0.5) is 0 Å². The molecule has 0 heterocycles. The molecule has 0 atom stereocenters. The molecule has 0 rings (SSSR count). The molecule has 0 saturated carbocycles. The van der Waals surface area contributed by atoms with Crippen molar-refractivity contribution < 1.29 is 4.79 Å². The Balaban J connectivity index is 4.37. The van der Waals surface area contributed by atoms with Crippen LogP contribution in [-0.2, 0) is 4.79 Å². The average Bonchev–Trinajstić information content (AvgIpc) is 1.99. The van der Waals surface area contributed by atoms with Gasteiger partial charge in [0.2, 0.25) is 5.91 Å². The number of amides is 1. The predicted octanol–water partition coefficient (Wildman–Crippen LogP) is 1.94. The molecule has 5 nitrogen and oxygen atoms in total. The van der Waals surface area contributed by atoms with E-state index in [0.717, 1.165) is 0 Å². The molecule has 0 aliphatic heterocycles. The fourth-order valence-electron chi connectivity index (χ4n) is 1.35. The zero-order valence-corrected chi connectivity index (χ0v) is 8.56. The van der Waals surface area contributed by atoms with Gasteiger partial charge in [-0.3, -0.25) is 4.79 Å². The Bertz CT molecular complexity index is 210. The number of nitrogens with zero attached hydrogens (tertiary/aromatic N) is 4. The number of carbonyl (C=O) groups is 1. The first-order chi connectivity index (χ1) is 6.00. The summed E-state index contributed by atoms with van der Waals surface area (Å²) in [7, 11) is 0. The number of azide groups is 1. The minimum Gasteiger partial charge on any atom is -0.338 e. The predicted molar refractivity (Wildman–Crippen MR) is 51.1 cm³/mol. The maximum Gasteiger partial charge on any atom is 0.228 e. The molecular formula is C8H16N4O. The SMILES string of the molecule is CC(C)N(C(=O)CN=[N+]=[N-])C(C)C. The zero-order chi connectivity index (χ0) is 10.4. The Morgan fingerprint density at radius 3 is 2.15 bits per heavy atom. The number of hydrogen-bond acceptors (Lipinski definition) is 2. The van der Waals surface area contributed by atoms with Gasteiger partial charge in [0.25, 0.3) is 0 Å². The number of hydrogen-bond donors (Lipinski definition) is 0. The van der Waals surface area contributed by atoms with Gasteiger partial charge in [-0.05, 0) is 33.2 Å². The van der Waals surface area contributed by atoms with Gasteiger partial charge in [-0.25, -0.2) is 0 Å². The normalized spacial score (nSPS) is 10.0. The maximum atomic E-state index is 11.4. The topological polar surface area (TPSA) is 69.1 Å². The Labute approximate surface area is 78.3 Å². The largest absolute Gasteiger partial charge is 0.338 e. The van der Waals surface area contributed by atoms with Crippen LogP contribution < -0.4 is 0 Å². The van der Waals surface area contributed by atoms with Crippen LogP contribution >= 0.6 is 0 Å². The third-order valence-electron chi connectivity index (χ3n) is 1.67. The van der Waals surface area contributed by atoms with Crippen molar-refractivity contribution in [2.24, 2.45) is 5.11 Å². The lowest BCUT2D eigenvalue weighted by Crippen LogP contribution is -2.43.